The Balaban J connectivity index is 2.04. The van der Waals surface area contributed by atoms with Crippen molar-refractivity contribution >= 4 is 0 Å². The molecule has 0 atom stereocenters. The fraction of sp³-hybridized carbons (Fsp3) is 0.467. The van der Waals surface area contributed by atoms with Crippen molar-refractivity contribution in [1.82, 2.24) is 9.80 Å². The molecule has 0 aliphatic carbocycles. The molecule has 0 unspecified atom stereocenters. The zero-order valence-electron chi connectivity index (χ0n) is 10.9. The van der Waals surface area contributed by atoms with Gasteiger partial charge in [-0.2, -0.15) is 0 Å². The second-order valence-corrected chi connectivity index (χ2v) is 4.70. The molecule has 18 heavy (non-hydrogen) atoms. The molecule has 1 fully saturated rings. The standard InChI is InChI=1S/C15H20N2O/c1-16-8-10-17(11-9-16)13-15-6-3-2-5-14(15)7-4-12-18/h2-3,5-6,18H,8-13H2,1H3. The molecule has 3 nitrogen and oxygen atoms in total. The minimum Gasteiger partial charge on any atom is -0.384 e. The largest absolute Gasteiger partial charge is 0.384 e. The van der Waals surface area contributed by atoms with Crippen molar-refractivity contribution in [2.24, 2.45) is 0 Å². The van der Waals surface area contributed by atoms with Gasteiger partial charge in [0.15, 0.2) is 0 Å². The molecule has 1 aromatic carbocycles. The molecule has 0 spiro atoms. The van der Waals surface area contributed by atoms with Gasteiger partial charge in [0.2, 0.25) is 0 Å². The topological polar surface area (TPSA) is 26.7 Å². The number of hydrogen-bond acceptors (Lipinski definition) is 3. The third kappa shape index (κ3) is 3.58. The zero-order chi connectivity index (χ0) is 12.8. The van der Waals surface area contributed by atoms with Crippen LogP contribution in [0.15, 0.2) is 24.3 Å². The van der Waals surface area contributed by atoms with Gasteiger partial charge in [0.25, 0.3) is 0 Å². The highest BCUT2D eigenvalue weighted by molar-refractivity contribution is 5.41. The van der Waals surface area contributed by atoms with Crippen molar-refractivity contribution < 1.29 is 5.11 Å². The molecular weight excluding hydrogens is 224 g/mol. The van der Waals surface area contributed by atoms with Gasteiger partial charge in [-0.1, -0.05) is 30.0 Å². The van der Waals surface area contributed by atoms with Crippen molar-refractivity contribution in [3.05, 3.63) is 35.4 Å². The summed E-state index contributed by atoms with van der Waals surface area (Å²) in [6.45, 7) is 5.35. The number of aliphatic hydroxyl groups excluding tert-OH is 1. The third-order valence-corrected chi connectivity index (χ3v) is 3.31. The van der Waals surface area contributed by atoms with Crippen molar-refractivity contribution in [3.63, 3.8) is 0 Å². The maximum Gasteiger partial charge on any atom is 0.104 e. The van der Waals surface area contributed by atoms with Crippen molar-refractivity contribution in [2.45, 2.75) is 6.54 Å². The van der Waals surface area contributed by atoms with Gasteiger partial charge < -0.3 is 10.0 Å². The molecule has 96 valence electrons. The van der Waals surface area contributed by atoms with E-state index in [4.69, 9.17) is 5.11 Å². The minimum absolute atomic E-state index is 0.0805. The Morgan fingerprint density at radius 3 is 2.61 bits per heavy atom. The van der Waals surface area contributed by atoms with E-state index < -0.39 is 0 Å². The molecule has 1 aromatic rings. The quantitative estimate of drug-likeness (QED) is 0.779. The Hall–Kier alpha value is -1.34. The van der Waals surface area contributed by atoms with Crippen LogP contribution in [0.2, 0.25) is 0 Å². The Kier molecular flexibility index (Phi) is 4.77. The van der Waals surface area contributed by atoms with Crippen molar-refractivity contribution in [1.29, 1.82) is 0 Å². The summed E-state index contributed by atoms with van der Waals surface area (Å²) >= 11 is 0. The molecule has 1 aliphatic rings. The number of hydrogen-bond donors (Lipinski definition) is 1. The first-order chi connectivity index (χ1) is 8.79. The Morgan fingerprint density at radius 1 is 1.17 bits per heavy atom. The predicted molar refractivity (Wildman–Crippen MR) is 73.2 cm³/mol. The summed E-state index contributed by atoms with van der Waals surface area (Å²) in [6, 6.07) is 8.19. The second-order valence-electron chi connectivity index (χ2n) is 4.70. The van der Waals surface area contributed by atoms with Crippen LogP contribution in [0, 0.1) is 11.8 Å². The fourth-order valence-corrected chi connectivity index (χ4v) is 2.16. The molecule has 0 radical (unpaired) electrons. The first-order valence-electron chi connectivity index (χ1n) is 6.38. The minimum atomic E-state index is -0.0805. The summed E-state index contributed by atoms with van der Waals surface area (Å²) in [5.74, 6) is 5.75. The molecule has 0 saturated carbocycles. The summed E-state index contributed by atoms with van der Waals surface area (Å²) in [5, 5.41) is 8.78. The van der Waals surface area contributed by atoms with E-state index in [0.717, 1.165) is 38.3 Å². The van der Waals surface area contributed by atoms with Crippen LogP contribution in [0.1, 0.15) is 11.1 Å². The lowest BCUT2D eigenvalue weighted by molar-refractivity contribution is 0.148. The van der Waals surface area contributed by atoms with Gasteiger partial charge in [0, 0.05) is 38.3 Å². The fourth-order valence-electron chi connectivity index (χ4n) is 2.16. The van der Waals surface area contributed by atoms with E-state index in [1.54, 1.807) is 0 Å². The van der Waals surface area contributed by atoms with Crippen LogP contribution in [0.4, 0.5) is 0 Å². The van der Waals surface area contributed by atoms with Crippen LogP contribution in [-0.2, 0) is 6.54 Å². The van der Waals surface area contributed by atoms with Crippen LogP contribution >= 0.6 is 0 Å². The van der Waals surface area contributed by atoms with Gasteiger partial charge in [-0.25, -0.2) is 0 Å². The molecule has 1 aliphatic heterocycles. The molecule has 0 aromatic heterocycles. The lowest BCUT2D eigenvalue weighted by Crippen LogP contribution is -2.43. The highest BCUT2D eigenvalue weighted by atomic mass is 16.2. The highest BCUT2D eigenvalue weighted by Gasteiger charge is 2.14. The molecule has 1 N–H and O–H groups in total. The first-order valence-corrected chi connectivity index (χ1v) is 6.38. The monoisotopic (exact) mass is 244 g/mol. The third-order valence-electron chi connectivity index (χ3n) is 3.31. The van der Waals surface area contributed by atoms with Crippen molar-refractivity contribution in [3.8, 4) is 11.8 Å². The molecule has 2 rings (SSSR count). The Morgan fingerprint density at radius 2 is 1.89 bits per heavy atom. The van der Waals surface area contributed by atoms with Gasteiger partial charge in [-0.3, -0.25) is 4.90 Å². The molecule has 1 saturated heterocycles. The number of rotatable bonds is 2. The van der Waals surface area contributed by atoms with Crippen LogP contribution < -0.4 is 0 Å². The number of aliphatic hydroxyl groups is 1. The summed E-state index contributed by atoms with van der Waals surface area (Å²) in [4.78, 5) is 4.81. The second kappa shape index (κ2) is 6.55. The van der Waals surface area contributed by atoms with Gasteiger partial charge in [-0.05, 0) is 18.7 Å². The van der Waals surface area contributed by atoms with Gasteiger partial charge in [0.1, 0.15) is 6.61 Å². The lowest BCUT2D eigenvalue weighted by atomic mass is 10.1. The summed E-state index contributed by atoms with van der Waals surface area (Å²) in [5.41, 5.74) is 2.29. The Bertz CT molecular complexity index is 439. The van der Waals surface area contributed by atoms with Crippen molar-refractivity contribution in [2.75, 3.05) is 39.8 Å². The van der Waals surface area contributed by atoms with Crippen LogP contribution in [0.3, 0.4) is 0 Å². The normalized spacial score (nSPS) is 17.2. The lowest BCUT2D eigenvalue weighted by Gasteiger charge is -2.32. The Labute approximate surface area is 109 Å². The van der Waals surface area contributed by atoms with E-state index in [1.165, 1.54) is 5.56 Å². The van der Waals surface area contributed by atoms with Crippen LogP contribution in [-0.4, -0.2) is 54.7 Å². The van der Waals surface area contributed by atoms with E-state index in [0.29, 0.717) is 0 Å². The van der Waals surface area contributed by atoms with E-state index in [9.17, 15) is 0 Å². The van der Waals surface area contributed by atoms with E-state index in [-0.39, 0.29) is 6.61 Å². The molecule has 0 amide bonds. The van der Waals surface area contributed by atoms with Gasteiger partial charge >= 0.3 is 0 Å². The summed E-state index contributed by atoms with van der Waals surface area (Å²) < 4.78 is 0. The first kappa shape index (κ1) is 13.1. The highest BCUT2D eigenvalue weighted by Crippen LogP contribution is 2.12. The van der Waals surface area contributed by atoms with E-state index in [2.05, 4.69) is 40.8 Å². The maximum atomic E-state index is 8.78. The van der Waals surface area contributed by atoms with Crippen LogP contribution in [0.5, 0.6) is 0 Å². The summed E-state index contributed by atoms with van der Waals surface area (Å²) in [6.07, 6.45) is 0. The predicted octanol–water partition coefficient (Wildman–Crippen LogP) is 0.778. The number of piperazine rings is 1. The average Bonchev–Trinajstić information content (AvgIpc) is 2.40. The maximum absolute atomic E-state index is 8.78. The van der Waals surface area contributed by atoms with Gasteiger partial charge in [0.05, 0.1) is 0 Å². The average molecular weight is 244 g/mol. The van der Waals surface area contributed by atoms with E-state index in [1.807, 2.05) is 12.1 Å². The molecule has 3 heteroatoms. The smallest absolute Gasteiger partial charge is 0.104 e. The van der Waals surface area contributed by atoms with Crippen LogP contribution in [0.25, 0.3) is 0 Å². The van der Waals surface area contributed by atoms with E-state index >= 15 is 0 Å². The molecular formula is C15H20N2O. The number of benzene rings is 1. The SMILES string of the molecule is CN1CCN(Cc2ccccc2C#CCO)CC1. The number of likely N-dealkylation sites (N-methyl/N-ethyl adjacent to an activating group) is 1. The zero-order valence-corrected chi connectivity index (χ0v) is 10.9. The molecule has 0 bridgehead atoms. The molecule has 1 heterocycles. The number of nitrogens with zero attached hydrogens (tertiary/aromatic N) is 2. The van der Waals surface area contributed by atoms with Gasteiger partial charge in [-0.15, -0.1) is 0 Å². The summed E-state index contributed by atoms with van der Waals surface area (Å²) in [7, 11) is 2.16.